The van der Waals surface area contributed by atoms with E-state index in [0.717, 1.165) is 0 Å². The summed E-state index contributed by atoms with van der Waals surface area (Å²) in [4.78, 5) is 37.1. The van der Waals surface area contributed by atoms with E-state index >= 15 is 0 Å². The summed E-state index contributed by atoms with van der Waals surface area (Å²) in [6.07, 6.45) is 4.24. The highest BCUT2D eigenvalue weighted by atomic mass is 16.4. The van der Waals surface area contributed by atoms with E-state index in [4.69, 9.17) is 5.11 Å². The van der Waals surface area contributed by atoms with Crippen LogP contribution in [0.3, 0.4) is 0 Å². The van der Waals surface area contributed by atoms with Crippen molar-refractivity contribution < 1.29 is 19.5 Å². The number of aromatic amines is 1. The third-order valence-corrected chi connectivity index (χ3v) is 3.27. The third kappa shape index (κ3) is 2.90. The van der Waals surface area contributed by atoms with Crippen molar-refractivity contribution in [3.05, 3.63) is 35.9 Å². The van der Waals surface area contributed by atoms with Gasteiger partial charge in [0.2, 0.25) is 0 Å². The maximum Gasteiger partial charge on any atom is 0.331 e. The minimum absolute atomic E-state index is 0.147. The summed E-state index contributed by atoms with van der Waals surface area (Å²) in [5, 5.41) is 15.7. The average molecular weight is 304 g/mol. The Morgan fingerprint density at radius 2 is 2.05 bits per heavy atom. The lowest BCUT2D eigenvalue weighted by Crippen LogP contribution is -2.35. The Hall–Kier alpha value is -2.90. The number of aromatic nitrogens is 3. The number of carboxylic acid groups (broad SMARTS) is 1. The molecule has 2 heterocycles. The first-order chi connectivity index (χ1) is 10.2. The molecule has 0 fully saturated rings. The molecule has 0 aliphatic heterocycles. The van der Waals surface area contributed by atoms with Crippen molar-refractivity contribution in [3.8, 4) is 0 Å². The number of carbonyl (C=O) groups excluding carboxylic acids is 2. The number of hydrogen-bond acceptors (Lipinski definition) is 4. The van der Waals surface area contributed by atoms with Gasteiger partial charge in [0.05, 0.1) is 11.9 Å². The number of aliphatic carboxylic acids is 1. The molecule has 0 saturated carbocycles. The molecule has 0 spiro atoms. The molecule has 2 rings (SSSR count). The molecule has 0 aliphatic carbocycles. The summed E-state index contributed by atoms with van der Waals surface area (Å²) in [6, 6.07) is 1.45. The van der Waals surface area contributed by atoms with Gasteiger partial charge in [-0.1, -0.05) is 0 Å². The molecular weight excluding hydrogens is 288 g/mol. The van der Waals surface area contributed by atoms with Gasteiger partial charge in [-0.25, -0.2) is 4.79 Å². The molecule has 0 saturated heterocycles. The smallest absolute Gasteiger partial charge is 0.331 e. The van der Waals surface area contributed by atoms with Crippen LogP contribution in [0.4, 0.5) is 5.69 Å². The van der Waals surface area contributed by atoms with E-state index in [0.29, 0.717) is 11.3 Å². The number of Topliss-reactive ketones (excluding diaryl/α,β-unsaturated/α-hetero) is 1. The van der Waals surface area contributed by atoms with Gasteiger partial charge in [0.15, 0.2) is 11.3 Å². The Balaban J connectivity index is 2.14. The number of rotatable bonds is 5. The van der Waals surface area contributed by atoms with Crippen LogP contribution in [0.1, 0.15) is 41.6 Å². The maximum absolute atomic E-state index is 12.0. The fourth-order valence-corrected chi connectivity index (χ4v) is 1.72. The molecule has 0 aromatic carbocycles. The number of nitrogens with zero attached hydrogens (tertiary/aromatic N) is 2. The predicted molar refractivity (Wildman–Crippen MR) is 77.9 cm³/mol. The van der Waals surface area contributed by atoms with E-state index in [9.17, 15) is 14.4 Å². The summed E-state index contributed by atoms with van der Waals surface area (Å²) in [5.74, 6) is -1.63. The third-order valence-electron chi connectivity index (χ3n) is 3.27. The van der Waals surface area contributed by atoms with Gasteiger partial charge in [-0.3, -0.25) is 14.3 Å². The van der Waals surface area contributed by atoms with Crippen LogP contribution in [0.5, 0.6) is 0 Å². The fourth-order valence-electron chi connectivity index (χ4n) is 1.72. The van der Waals surface area contributed by atoms with E-state index in [-0.39, 0.29) is 11.5 Å². The van der Waals surface area contributed by atoms with Gasteiger partial charge in [0.1, 0.15) is 5.69 Å². The lowest BCUT2D eigenvalue weighted by atomic mass is 10.1. The molecule has 0 radical (unpaired) electrons. The van der Waals surface area contributed by atoms with Gasteiger partial charge < -0.3 is 15.4 Å². The summed E-state index contributed by atoms with van der Waals surface area (Å²) in [5.41, 5.74) is -0.224. The van der Waals surface area contributed by atoms with Gasteiger partial charge in [-0.05, 0) is 26.8 Å². The van der Waals surface area contributed by atoms with Crippen molar-refractivity contribution in [3.63, 3.8) is 0 Å². The second-order valence-electron chi connectivity index (χ2n) is 5.35. The number of ketones is 1. The number of amides is 1. The monoisotopic (exact) mass is 304 g/mol. The molecule has 0 atom stereocenters. The first kappa shape index (κ1) is 15.5. The van der Waals surface area contributed by atoms with Gasteiger partial charge in [-0.15, -0.1) is 0 Å². The normalized spacial score (nSPS) is 11.2. The summed E-state index contributed by atoms with van der Waals surface area (Å²) in [7, 11) is 0. The van der Waals surface area contributed by atoms with E-state index in [1.165, 1.54) is 50.1 Å². The van der Waals surface area contributed by atoms with Crippen LogP contribution < -0.4 is 5.32 Å². The molecule has 2 aromatic rings. The van der Waals surface area contributed by atoms with Crippen molar-refractivity contribution in [2.24, 2.45) is 0 Å². The molecule has 116 valence electrons. The Labute approximate surface area is 126 Å². The van der Waals surface area contributed by atoms with Crippen LogP contribution >= 0.6 is 0 Å². The molecule has 3 N–H and O–H groups in total. The highest BCUT2D eigenvalue weighted by Gasteiger charge is 2.30. The van der Waals surface area contributed by atoms with Gasteiger partial charge >= 0.3 is 5.97 Å². The Morgan fingerprint density at radius 3 is 2.59 bits per heavy atom. The maximum atomic E-state index is 12.0. The van der Waals surface area contributed by atoms with E-state index in [1.54, 1.807) is 0 Å². The molecule has 8 nitrogen and oxygen atoms in total. The number of carbonyl (C=O) groups is 3. The Morgan fingerprint density at radius 1 is 1.36 bits per heavy atom. The molecular formula is C14H16N4O4. The number of anilines is 1. The van der Waals surface area contributed by atoms with Crippen LogP contribution in [-0.2, 0) is 10.3 Å². The second-order valence-corrected chi connectivity index (χ2v) is 5.35. The highest BCUT2D eigenvalue weighted by molar-refractivity contribution is 6.05. The second kappa shape index (κ2) is 5.47. The molecule has 1 amide bonds. The van der Waals surface area contributed by atoms with Gasteiger partial charge in [0, 0.05) is 18.0 Å². The standard InChI is InChI=1S/C14H16N4O4/c1-8(19)9-4-11(15-5-9)12(20)17-10-6-16-18(7-10)14(2,3)13(21)22/h4-7,15H,1-3H3,(H,17,20)(H,21,22). The van der Waals surface area contributed by atoms with Crippen molar-refractivity contribution >= 4 is 23.3 Å². The largest absolute Gasteiger partial charge is 0.479 e. The first-order valence-corrected chi connectivity index (χ1v) is 6.51. The number of carboxylic acids is 1. The SMILES string of the molecule is CC(=O)c1c[nH]c(C(=O)Nc2cnn(C(C)(C)C(=O)O)c2)c1. The van der Waals surface area contributed by atoms with Crippen LogP contribution in [0.15, 0.2) is 24.7 Å². The average Bonchev–Trinajstić information content (AvgIpc) is 3.07. The van der Waals surface area contributed by atoms with Crippen molar-refractivity contribution in [2.45, 2.75) is 26.3 Å². The molecule has 0 unspecified atom stereocenters. The molecule has 0 bridgehead atoms. The summed E-state index contributed by atoms with van der Waals surface area (Å²) in [6.45, 7) is 4.40. The zero-order chi connectivity index (χ0) is 16.5. The predicted octanol–water partition coefficient (Wildman–Crippen LogP) is 1.49. The Bertz CT molecular complexity index is 742. The minimum Gasteiger partial charge on any atom is -0.479 e. The van der Waals surface area contributed by atoms with Crippen molar-refractivity contribution in [1.82, 2.24) is 14.8 Å². The van der Waals surface area contributed by atoms with E-state index in [2.05, 4.69) is 15.4 Å². The van der Waals surface area contributed by atoms with Crippen molar-refractivity contribution in [1.29, 1.82) is 0 Å². The molecule has 8 heteroatoms. The van der Waals surface area contributed by atoms with Crippen LogP contribution in [0.25, 0.3) is 0 Å². The lowest BCUT2D eigenvalue weighted by Gasteiger charge is -2.19. The quantitative estimate of drug-likeness (QED) is 0.723. The number of nitrogens with one attached hydrogen (secondary N) is 2. The molecule has 22 heavy (non-hydrogen) atoms. The number of hydrogen-bond donors (Lipinski definition) is 3. The zero-order valence-corrected chi connectivity index (χ0v) is 12.4. The molecule has 2 aromatic heterocycles. The lowest BCUT2D eigenvalue weighted by molar-refractivity contribution is -0.146. The number of H-pyrrole nitrogens is 1. The van der Waals surface area contributed by atoms with Crippen LogP contribution in [-0.4, -0.2) is 37.5 Å². The zero-order valence-electron chi connectivity index (χ0n) is 12.4. The van der Waals surface area contributed by atoms with Crippen molar-refractivity contribution in [2.75, 3.05) is 5.32 Å². The topological polar surface area (TPSA) is 117 Å². The van der Waals surface area contributed by atoms with Gasteiger partial charge in [-0.2, -0.15) is 5.10 Å². The minimum atomic E-state index is -1.22. The Kier molecular flexibility index (Phi) is 3.85. The van der Waals surface area contributed by atoms with Gasteiger partial charge in [0.25, 0.3) is 5.91 Å². The highest BCUT2D eigenvalue weighted by Crippen LogP contribution is 2.18. The fraction of sp³-hybridized carbons (Fsp3) is 0.286. The summed E-state index contributed by atoms with van der Waals surface area (Å²) < 4.78 is 1.25. The van der Waals surface area contributed by atoms with Crippen LogP contribution in [0, 0.1) is 0 Å². The molecule has 0 aliphatic rings. The van der Waals surface area contributed by atoms with Crippen LogP contribution in [0.2, 0.25) is 0 Å². The van der Waals surface area contributed by atoms with E-state index < -0.39 is 17.4 Å². The van der Waals surface area contributed by atoms with E-state index in [1.807, 2.05) is 0 Å². The summed E-state index contributed by atoms with van der Waals surface area (Å²) >= 11 is 0. The first-order valence-electron chi connectivity index (χ1n) is 6.51.